The lowest BCUT2D eigenvalue weighted by Gasteiger charge is -2.14. The number of hydrogen-bond donors (Lipinski definition) is 1. The molecule has 0 radical (unpaired) electrons. The standard InChI is InChI=1S/C9H12ClN3O2/c1-2-15-9(14)7-8(10)13-4-3-11-5-6(13)12-7/h11H,2-5H2,1H3. The maximum atomic E-state index is 11.5. The molecule has 1 aliphatic rings. The molecule has 1 aliphatic heterocycles. The van der Waals surface area contributed by atoms with E-state index >= 15 is 0 Å². The van der Waals surface area contributed by atoms with Crippen molar-refractivity contribution in [1.82, 2.24) is 14.9 Å². The largest absolute Gasteiger partial charge is 0.461 e. The molecular weight excluding hydrogens is 218 g/mol. The van der Waals surface area contributed by atoms with Crippen LogP contribution in [-0.2, 0) is 17.8 Å². The average molecular weight is 230 g/mol. The quantitative estimate of drug-likeness (QED) is 0.763. The number of fused-ring (bicyclic) bond motifs is 1. The van der Waals surface area contributed by atoms with Crippen LogP contribution in [0.25, 0.3) is 0 Å². The van der Waals surface area contributed by atoms with E-state index in [1.165, 1.54) is 0 Å². The molecule has 0 bridgehead atoms. The topological polar surface area (TPSA) is 56.1 Å². The summed E-state index contributed by atoms with van der Waals surface area (Å²) in [4.78, 5) is 15.6. The highest BCUT2D eigenvalue weighted by Crippen LogP contribution is 2.20. The Labute approximate surface area is 92.4 Å². The van der Waals surface area contributed by atoms with Gasteiger partial charge in [-0.05, 0) is 6.92 Å². The van der Waals surface area contributed by atoms with Crippen molar-refractivity contribution in [1.29, 1.82) is 0 Å². The molecule has 1 aromatic rings. The second kappa shape index (κ2) is 4.20. The van der Waals surface area contributed by atoms with E-state index in [2.05, 4.69) is 10.3 Å². The number of carbonyl (C=O) groups excluding carboxylic acids is 1. The molecule has 0 atom stereocenters. The molecule has 2 heterocycles. The van der Waals surface area contributed by atoms with E-state index in [0.717, 1.165) is 18.9 Å². The van der Waals surface area contributed by atoms with Crippen molar-refractivity contribution in [2.24, 2.45) is 0 Å². The number of ether oxygens (including phenoxy) is 1. The van der Waals surface area contributed by atoms with Gasteiger partial charge in [-0.25, -0.2) is 9.78 Å². The van der Waals surface area contributed by atoms with Crippen molar-refractivity contribution in [3.05, 3.63) is 16.7 Å². The third-order valence-corrected chi connectivity index (χ3v) is 2.63. The molecule has 1 N–H and O–H groups in total. The molecular formula is C9H12ClN3O2. The monoisotopic (exact) mass is 229 g/mol. The van der Waals surface area contributed by atoms with E-state index in [-0.39, 0.29) is 5.69 Å². The van der Waals surface area contributed by atoms with E-state index in [1.807, 2.05) is 4.57 Å². The molecule has 82 valence electrons. The number of rotatable bonds is 2. The zero-order chi connectivity index (χ0) is 10.8. The predicted molar refractivity (Wildman–Crippen MR) is 54.9 cm³/mol. The van der Waals surface area contributed by atoms with Gasteiger partial charge in [-0.1, -0.05) is 11.6 Å². The number of hydrogen-bond acceptors (Lipinski definition) is 4. The summed E-state index contributed by atoms with van der Waals surface area (Å²) in [5.74, 6) is 0.332. The van der Waals surface area contributed by atoms with Crippen LogP contribution in [0.3, 0.4) is 0 Å². The van der Waals surface area contributed by atoms with Gasteiger partial charge in [-0.2, -0.15) is 0 Å². The predicted octanol–water partition coefficient (Wildman–Crippen LogP) is 0.816. The number of carbonyl (C=O) groups is 1. The van der Waals surface area contributed by atoms with Crippen LogP contribution in [0.15, 0.2) is 0 Å². The third-order valence-electron chi connectivity index (χ3n) is 2.25. The summed E-state index contributed by atoms with van der Waals surface area (Å²) in [5.41, 5.74) is 0.220. The summed E-state index contributed by atoms with van der Waals surface area (Å²) in [5, 5.41) is 3.54. The van der Waals surface area contributed by atoms with Gasteiger partial charge in [0.25, 0.3) is 0 Å². The minimum absolute atomic E-state index is 0.220. The summed E-state index contributed by atoms with van der Waals surface area (Å²) in [7, 11) is 0. The Balaban J connectivity index is 2.32. The Bertz CT molecular complexity index is 389. The molecule has 0 saturated carbocycles. The molecule has 5 nitrogen and oxygen atoms in total. The SMILES string of the molecule is CCOC(=O)c1nc2n(c1Cl)CCNC2. The van der Waals surface area contributed by atoms with Crippen LogP contribution in [0.5, 0.6) is 0 Å². The van der Waals surface area contributed by atoms with E-state index in [1.54, 1.807) is 6.92 Å². The number of imidazole rings is 1. The van der Waals surface area contributed by atoms with Gasteiger partial charge in [0.1, 0.15) is 11.0 Å². The summed E-state index contributed by atoms with van der Waals surface area (Å²) in [6.07, 6.45) is 0. The minimum atomic E-state index is -0.454. The molecule has 0 unspecified atom stereocenters. The van der Waals surface area contributed by atoms with E-state index in [9.17, 15) is 4.79 Å². The summed E-state index contributed by atoms with van der Waals surface area (Å²) < 4.78 is 6.70. The molecule has 0 fully saturated rings. The van der Waals surface area contributed by atoms with Gasteiger partial charge >= 0.3 is 5.97 Å². The summed E-state index contributed by atoms with van der Waals surface area (Å²) in [6.45, 7) is 4.30. The molecule has 15 heavy (non-hydrogen) atoms. The molecule has 0 aliphatic carbocycles. The van der Waals surface area contributed by atoms with Crippen molar-refractivity contribution in [2.45, 2.75) is 20.0 Å². The third kappa shape index (κ3) is 1.85. The zero-order valence-electron chi connectivity index (χ0n) is 8.42. The van der Waals surface area contributed by atoms with Crippen molar-refractivity contribution in [3.8, 4) is 0 Å². The Morgan fingerprint density at radius 2 is 2.53 bits per heavy atom. The van der Waals surface area contributed by atoms with Crippen LogP contribution in [0.4, 0.5) is 0 Å². The van der Waals surface area contributed by atoms with Crippen molar-refractivity contribution in [3.63, 3.8) is 0 Å². The van der Waals surface area contributed by atoms with Crippen molar-refractivity contribution >= 4 is 17.6 Å². The Morgan fingerprint density at radius 3 is 3.20 bits per heavy atom. The Morgan fingerprint density at radius 1 is 1.73 bits per heavy atom. The van der Waals surface area contributed by atoms with Gasteiger partial charge in [-0.15, -0.1) is 0 Å². The van der Waals surface area contributed by atoms with E-state index < -0.39 is 5.97 Å². The van der Waals surface area contributed by atoms with Gasteiger partial charge in [0.05, 0.1) is 13.2 Å². The first-order chi connectivity index (χ1) is 7.24. The number of halogens is 1. The molecule has 2 rings (SSSR count). The Kier molecular flexibility index (Phi) is 2.93. The van der Waals surface area contributed by atoms with Gasteiger partial charge < -0.3 is 14.6 Å². The summed E-state index contributed by atoms with van der Waals surface area (Å²) >= 11 is 6.04. The highest BCUT2D eigenvalue weighted by atomic mass is 35.5. The first kappa shape index (κ1) is 10.4. The fraction of sp³-hybridized carbons (Fsp3) is 0.556. The van der Waals surface area contributed by atoms with Crippen LogP contribution in [0, 0.1) is 0 Å². The molecule has 1 aromatic heterocycles. The van der Waals surface area contributed by atoms with E-state index in [0.29, 0.717) is 18.3 Å². The number of nitrogens with zero attached hydrogens (tertiary/aromatic N) is 2. The summed E-state index contributed by atoms with van der Waals surface area (Å²) in [6, 6.07) is 0. The second-order valence-corrected chi connectivity index (χ2v) is 3.57. The average Bonchev–Trinajstić information content (AvgIpc) is 2.57. The van der Waals surface area contributed by atoms with Gasteiger partial charge in [0.2, 0.25) is 0 Å². The zero-order valence-corrected chi connectivity index (χ0v) is 9.17. The lowest BCUT2D eigenvalue weighted by Crippen LogP contribution is -2.28. The lowest BCUT2D eigenvalue weighted by molar-refractivity contribution is 0.0520. The first-order valence-corrected chi connectivity index (χ1v) is 5.24. The maximum absolute atomic E-state index is 11.5. The number of nitrogens with one attached hydrogen (secondary N) is 1. The number of esters is 1. The van der Waals surface area contributed by atoms with Gasteiger partial charge in [0.15, 0.2) is 5.69 Å². The second-order valence-electron chi connectivity index (χ2n) is 3.22. The van der Waals surface area contributed by atoms with Crippen molar-refractivity contribution < 1.29 is 9.53 Å². The molecule has 0 amide bonds. The molecule has 0 spiro atoms. The van der Waals surface area contributed by atoms with Crippen LogP contribution in [-0.4, -0.2) is 28.7 Å². The van der Waals surface area contributed by atoms with E-state index in [4.69, 9.17) is 16.3 Å². The number of aromatic nitrogens is 2. The van der Waals surface area contributed by atoms with Crippen molar-refractivity contribution in [2.75, 3.05) is 13.2 Å². The maximum Gasteiger partial charge on any atom is 0.360 e. The molecule has 0 saturated heterocycles. The Hall–Kier alpha value is -1.07. The van der Waals surface area contributed by atoms with Crippen LogP contribution in [0.2, 0.25) is 5.15 Å². The fourth-order valence-corrected chi connectivity index (χ4v) is 1.86. The normalized spacial score (nSPS) is 14.8. The smallest absolute Gasteiger partial charge is 0.360 e. The highest BCUT2D eigenvalue weighted by Gasteiger charge is 2.23. The fourth-order valence-electron chi connectivity index (χ4n) is 1.56. The van der Waals surface area contributed by atoms with Crippen LogP contribution in [0.1, 0.15) is 23.2 Å². The van der Waals surface area contributed by atoms with Gasteiger partial charge in [-0.3, -0.25) is 0 Å². The molecule has 6 heteroatoms. The minimum Gasteiger partial charge on any atom is -0.461 e. The first-order valence-electron chi connectivity index (χ1n) is 4.86. The van der Waals surface area contributed by atoms with Gasteiger partial charge in [0, 0.05) is 13.1 Å². The van der Waals surface area contributed by atoms with Crippen LogP contribution < -0.4 is 5.32 Å². The molecule has 0 aromatic carbocycles. The lowest BCUT2D eigenvalue weighted by atomic mass is 10.4. The van der Waals surface area contributed by atoms with Crippen LogP contribution >= 0.6 is 11.6 Å². The highest BCUT2D eigenvalue weighted by molar-refractivity contribution is 6.32.